The van der Waals surface area contributed by atoms with Gasteiger partial charge < -0.3 is 10.6 Å². The standard InChI is InChI=1S/C17H22N2OS/c1-3-9-18-10-11-19-17(20)16-15(8-12-21-16)14-6-4-13(2)5-7-14/h4-8,12,18H,3,9-11H2,1-2H3,(H,19,20). The zero-order valence-corrected chi connectivity index (χ0v) is 13.4. The van der Waals surface area contributed by atoms with Gasteiger partial charge in [-0.25, -0.2) is 0 Å². The van der Waals surface area contributed by atoms with Crippen LogP contribution >= 0.6 is 11.3 Å². The highest BCUT2D eigenvalue weighted by molar-refractivity contribution is 7.12. The molecule has 3 nitrogen and oxygen atoms in total. The number of benzene rings is 1. The third-order valence-electron chi connectivity index (χ3n) is 3.25. The molecule has 0 atom stereocenters. The molecule has 0 unspecified atom stereocenters. The van der Waals surface area contributed by atoms with Crippen molar-refractivity contribution in [3.05, 3.63) is 46.2 Å². The molecule has 1 aromatic carbocycles. The largest absolute Gasteiger partial charge is 0.350 e. The van der Waals surface area contributed by atoms with E-state index in [0.29, 0.717) is 6.54 Å². The lowest BCUT2D eigenvalue weighted by molar-refractivity contribution is 0.0958. The fourth-order valence-electron chi connectivity index (χ4n) is 2.09. The van der Waals surface area contributed by atoms with E-state index < -0.39 is 0 Å². The van der Waals surface area contributed by atoms with Crippen LogP contribution in [0.5, 0.6) is 0 Å². The van der Waals surface area contributed by atoms with Gasteiger partial charge in [-0.1, -0.05) is 36.8 Å². The van der Waals surface area contributed by atoms with Crippen molar-refractivity contribution in [3.8, 4) is 11.1 Å². The van der Waals surface area contributed by atoms with Gasteiger partial charge in [0, 0.05) is 18.7 Å². The van der Waals surface area contributed by atoms with Crippen LogP contribution in [0.25, 0.3) is 11.1 Å². The summed E-state index contributed by atoms with van der Waals surface area (Å²) in [7, 11) is 0. The van der Waals surface area contributed by atoms with Gasteiger partial charge in [-0.2, -0.15) is 0 Å². The van der Waals surface area contributed by atoms with Crippen molar-refractivity contribution in [2.45, 2.75) is 20.3 Å². The van der Waals surface area contributed by atoms with E-state index in [1.807, 2.05) is 11.4 Å². The molecule has 0 aliphatic carbocycles. The maximum atomic E-state index is 12.3. The Morgan fingerprint density at radius 2 is 1.86 bits per heavy atom. The van der Waals surface area contributed by atoms with Crippen molar-refractivity contribution in [3.63, 3.8) is 0 Å². The number of aryl methyl sites for hydroxylation is 1. The lowest BCUT2D eigenvalue weighted by Crippen LogP contribution is -2.31. The van der Waals surface area contributed by atoms with Crippen LogP contribution in [0, 0.1) is 6.92 Å². The lowest BCUT2D eigenvalue weighted by Gasteiger charge is -2.07. The van der Waals surface area contributed by atoms with Crippen LogP contribution in [0.1, 0.15) is 28.6 Å². The summed E-state index contributed by atoms with van der Waals surface area (Å²) in [5.74, 6) is 0.0128. The van der Waals surface area contributed by atoms with Crippen LogP contribution in [-0.4, -0.2) is 25.5 Å². The Bertz CT molecular complexity index is 575. The summed E-state index contributed by atoms with van der Waals surface area (Å²) in [4.78, 5) is 13.1. The van der Waals surface area contributed by atoms with E-state index in [0.717, 1.165) is 35.5 Å². The number of carbonyl (C=O) groups is 1. The molecule has 2 aromatic rings. The van der Waals surface area contributed by atoms with Crippen LogP contribution < -0.4 is 10.6 Å². The molecule has 0 aliphatic heterocycles. The molecule has 2 rings (SSSR count). The maximum absolute atomic E-state index is 12.3. The maximum Gasteiger partial charge on any atom is 0.262 e. The van der Waals surface area contributed by atoms with Gasteiger partial charge in [0.25, 0.3) is 5.91 Å². The van der Waals surface area contributed by atoms with Crippen molar-refractivity contribution in [2.75, 3.05) is 19.6 Å². The van der Waals surface area contributed by atoms with Gasteiger partial charge >= 0.3 is 0 Å². The van der Waals surface area contributed by atoms with Crippen LogP contribution in [0.4, 0.5) is 0 Å². The third kappa shape index (κ3) is 4.41. The lowest BCUT2D eigenvalue weighted by atomic mass is 10.0. The Morgan fingerprint density at radius 1 is 1.10 bits per heavy atom. The summed E-state index contributed by atoms with van der Waals surface area (Å²) in [5, 5.41) is 8.22. The van der Waals surface area contributed by atoms with E-state index in [1.165, 1.54) is 16.9 Å². The van der Waals surface area contributed by atoms with Gasteiger partial charge in [0.2, 0.25) is 0 Å². The number of amides is 1. The topological polar surface area (TPSA) is 41.1 Å². The van der Waals surface area contributed by atoms with E-state index in [2.05, 4.69) is 48.7 Å². The molecule has 2 N–H and O–H groups in total. The molecule has 0 saturated carbocycles. The summed E-state index contributed by atoms with van der Waals surface area (Å²) < 4.78 is 0. The van der Waals surface area contributed by atoms with Gasteiger partial charge in [0.05, 0.1) is 4.88 Å². The first kappa shape index (κ1) is 15.7. The van der Waals surface area contributed by atoms with E-state index >= 15 is 0 Å². The van der Waals surface area contributed by atoms with E-state index in [4.69, 9.17) is 0 Å². The number of hydrogen-bond acceptors (Lipinski definition) is 3. The Labute approximate surface area is 130 Å². The van der Waals surface area contributed by atoms with Gasteiger partial charge in [-0.15, -0.1) is 11.3 Å². The monoisotopic (exact) mass is 302 g/mol. The van der Waals surface area contributed by atoms with Gasteiger partial charge in [0.1, 0.15) is 0 Å². The van der Waals surface area contributed by atoms with Crippen LogP contribution in [0.3, 0.4) is 0 Å². The zero-order valence-electron chi connectivity index (χ0n) is 12.6. The van der Waals surface area contributed by atoms with Crippen molar-refractivity contribution in [2.24, 2.45) is 0 Å². The summed E-state index contributed by atoms with van der Waals surface area (Å²) in [5.41, 5.74) is 3.33. The fraction of sp³-hybridized carbons (Fsp3) is 0.353. The highest BCUT2D eigenvalue weighted by atomic mass is 32.1. The van der Waals surface area contributed by atoms with E-state index in [1.54, 1.807) is 0 Å². The highest BCUT2D eigenvalue weighted by Gasteiger charge is 2.13. The molecule has 1 heterocycles. The molecule has 0 saturated heterocycles. The van der Waals surface area contributed by atoms with Crippen LogP contribution in [0.15, 0.2) is 35.7 Å². The minimum absolute atomic E-state index is 0.0128. The van der Waals surface area contributed by atoms with E-state index in [9.17, 15) is 4.79 Å². The van der Waals surface area contributed by atoms with E-state index in [-0.39, 0.29) is 5.91 Å². The average Bonchev–Trinajstić information content (AvgIpc) is 2.97. The first-order valence-corrected chi connectivity index (χ1v) is 8.23. The molecular weight excluding hydrogens is 280 g/mol. The Kier molecular flexibility index (Phi) is 5.96. The molecule has 0 bridgehead atoms. The number of hydrogen-bond donors (Lipinski definition) is 2. The summed E-state index contributed by atoms with van der Waals surface area (Å²) in [6, 6.07) is 10.3. The van der Waals surface area contributed by atoms with Crippen molar-refractivity contribution in [1.82, 2.24) is 10.6 Å². The minimum atomic E-state index is 0.0128. The summed E-state index contributed by atoms with van der Waals surface area (Å²) in [6.45, 7) is 6.65. The second-order valence-electron chi connectivity index (χ2n) is 5.04. The van der Waals surface area contributed by atoms with Gasteiger partial charge in [0.15, 0.2) is 0 Å². The first-order chi connectivity index (χ1) is 10.2. The molecule has 0 spiro atoms. The number of nitrogens with one attached hydrogen (secondary N) is 2. The minimum Gasteiger partial charge on any atom is -0.350 e. The van der Waals surface area contributed by atoms with Crippen LogP contribution in [-0.2, 0) is 0 Å². The second kappa shape index (κ2) is 7.96. The highest BCUT2D eigenvalue weighted by Crippen LogP contribution is 2.28. The predicted octanol–water partition coefficient (Wildman–Crippen LogP) is 3.45. The van der Waals surface area contributed by atoms with Crippen LogP contribution in [0.2, 0.25) is 0 Å². The van der Waals surface area contributed by atoms with Crippen molar-refractivity contribution < 1.29 is 4.79 Å². The normalized spacial score (nSPS) is 10.6. The molecule has 1 aromatic heterocycles. The summed E-state index contributed by atoms with van der Waals surface area (Å²) >= 11 is 1.49. The Morgan fingerprint density at radius 3 is 2.57 bits per heavy atom. The van der Waals surface area contributed by atoms with Crippen molar-refractivity contribution in [1.29, 1.82) is 0 Å². The van der Waals surface area contributed by atoms with Gasteiger partial charge in [-0.05, 0) is 36.9 Å². The van der Waals surface area contributed by atoms with Gasteiger partial charge in [-0.3, -0.25) is 4.79 Å². The molecule has 1 amide bonds. The molecule has 4 heteroatoms. The smallest absolute Gasteiger partial charge is 0.262 e. The molecule has 21 heavy (non-hydrogen) atoms. The third-order valence-corrected chi connectivity index (χ3v) is 4.16. The number of rotatable bonds is 7. The Balaban J connectivity index is 1.99. The molecule has 112 valence electrons. The first-order valence-electron chi connectivity index (χ1n) is 7.36. The zero-order chi connectivity index (χ0) is 15.1. The Hall–Kier alpha value is -1.65. The quantitative estimate of drug-likeness (QED) is 0.769. The molecule has 0 aliphatic rings. The number of carbonyl (C=O) groups excluding carboxylic acids is 1. The molecule has 0 radical (unpaired) electrons. The van der Waals surface area contributed by atoms with Crippen molar-refractivity contribution >= 4 is 17.2 Å². The average molecular weight is 302 g/mol. The number of thiophene rings is 1. The second-order valence-corrected chi connectivity index (χ2v) is 5.95. The summed E-state index contributed by atoms with van der Waals surface area (Å²) in [6.07, 6.45) is 1.11. The molecular formula is C17H22N2OS. The molecule has 0 fully saturated rings. The predicted molar refractivity (Wildman–Crippen MR) is 90.0 cm³/mol. The fourth-order valence-corrected chi connectivity index (χ4v) is 2.92. The SMILES string of the molecule is CCCNCCNC(=O)c1sccc1-c1ccc(C)cc1.